The lowest BCUT2D eigenvalue weighted by Crippen LogP contribution is -2.38. The minimum absolute atomic E-state index is 0.0700. The van der Waals surface area contributed by atoms with E-state index in [1.54, 1.807) is 0 Å². The number of benzene rings is 1. The maximum absolute atomic E-state index is 11.9. The third-order valence-electron chi connectivity index (χ3n) is 3.46. The Balaban J connectivity index is 1.97. The molecular formula is C14H20N2O. The van der Waals surface area contributed by atoms with Gasteiger partial charge in [-0.25, -0.2) is 0 Å². The van der Waals surface area contributed by atoms with Crippen molar-refractivity contribution in [2.45, 2.75) is 32.2 Å². The molecule has 0 heterocycles. The first-order valence-corrected chi connectivity index (χ1v) is 6.19. The molecule has 1 aliphatic carbocycles. The lowest BCUT2D eigenvalue weighted by Gasteiger charge is -2.11. The van der Waals surface area contributed by atoms with Gasteiger partial charge in [0.15, 0.2) is 0 Å². The minimum atomic E-state index is 0.0700. The van der Waals surface area contributed by atoms with Crippen molar-refractivity contribution in [1.29, 1.82) is 0 Å². The van der Waals surface area contributed by atoms with E-state index in [2.05, 4.69) is 24.4 Å². The number of amides is 1. The lowest BCUT2D eigenvalue weighted by atomic mass is 10.0. The summed E-state index contributed by atoms with van der Waals surface area (Å²) in [6.07, 6.45) is 0.966. The molecular weight excluding hydrogens is 212 g/mol. The average molecular weight is 232 g/mol. The predicted octanol–water partition coefficient (Wildman–Crippen LogP) is 1.56. The molecule has 92 valence electrons. The second-order valence-corrected chi connectivity index (χ2v) is 4.95. The van der Waals surface area contributed by atoms with E-state index in [0.717, 1.165) is 6.42 Å². The number of carbonyl (C=O) groups is 1. The van der Waals surface area contributed by atoms with Crippen molar-refractivity contribution < 1.29 is 4.79 Å². The fourth-order valence-electron chi connectivity index (χ4n) is 2.24. The van der Waals surface area contributed by atoms with E-state index in [0.29, 0.717) is 12.5 Å². The lowest BCUT2D eigenvalue weighted by molar-refractivity contribution is -0.122. The molecule has 0 aliphatic heterocycles. The summed E-state index contributed by atoms with van der Waals surface area (Å²) in [5.41, 5.74) is 8.09. The average Bonchev–Trinajstić information content (AvgIpc) is 3.09. The van der Waals surface area contributed by atoms with Gasteiger partial charge in [-0.05, 0) is 37.3 Å². The van der Waals surface area contributed by atoms with Gasteiger partial charge in [0.1, 0.15) is 0 Å². The van der Waals surface area contributed by atoms with Gasteiger partial charge in [-0.2, -0.15) is 0 Å². The Morgan fingerprint density at radius 1 is 1.53 bits per heavy atom. The molecule has 0 aromatic heterocycles. The van der Waals surface area contributed by atoms with Crippen LogP contribution >= 0.6 is 0 Å². The number of carbonyl (C=O) groups excluding carboxylic acids is 1. The molecule has 0 radical (unpaired) electrons. The Hall–Kier alpha value is -1.35. The molecule has 3 atom stereocenters. The van der Waals surface area contributed by atoms with Crippen molar-refractivity contribution in [2.75, 3.05) is 6.54 Å². The highest BCUT2D eigenvalue weighted by molar-refractivity contribution is 5.83. The Kier molecular flexibility index (Phi) is 3.48. The number of nitrogens with one attached hydrogen (secondary N) is 1. The summed E-state index contributed by atoms with van der Waals surface area (Å²) in [6, 6.07) is 8.37. The van der Waals surface area contributed by atoms with Crippen molar-refractivity contribution in [1.82, 2.24) is 5.32 Å². The first kappa shape index (κ1) is 12.1. The first-order chi connectivity index (χ1) is 8.13. The van der Waals surface area contributed by atoms with E-state index in [9.17, 15) is 4.79 Å². The van der Waals surface area contributed by atoms with Crippen LogP contribution in [0.15, 0.2) is 24.3 Å². The van der Waals surface area contributed by atoms with Crippen molar-refractivity contribution in [3.05, 3.63) is 35.4 Å². The molecule has 2 unspecified atom stereocenters. The van der Waals surface area contributed by atoms with Crippen LogP contribution in [0.1, 0.15) is 30.4 Å². The van der Waals surface area contributed by atoms with Crippen molar-refractivity contribution in [3.63, 3.8) is 0 Å². The number of hydrogen-bond donors (Lipinski definition) is 2. The van der Waals surface area contributed by atoms with Gasteiger partial charge in [0, 0.05) is 18.5 Å². The fourth-order valence-corrected chi connectivity index (χ4v) is 2.24. The van der Waals surface area contributed by atoms with Crippen LogP contribution in [0.4, 0.5) is 0 Å². The van der Waals surface area contributed by atoms with Crippen LogP contribution < -0.4 is 11.1 Å². The Morgan fingerprint density at radius 3 is 2.88 bits per heavy atom. The van der Waals surface area contributed by atoms with Crippen LogP contribution in [-0.4, -0.2) is 18.5 Å². The van der Waals surface area contributed by atoms with E-state index in [1.165, 1.54) is 11.1 Å². The Bertz CT molecular complexity index is 416. The standard InChI is InChI=1S/C14H20N2O/c1-9-5-3-4-6-11(9)12-7-13(12)14(17)16-10(2)8-15/h3-6,10,12-13H,7-8,15H2,1-2H3,(H,16,17)/t10-,12?,13?/m0/s1. The molecule has 1 fully saturated rings. The van der Waals surface area contributed by atoms with Gasteiger partial charge in [-0.15, -0.1) is 0 Å². The number of rotatable bonds is 4. The van der Waals surface area contributed by atoms with Gasteiger partial charge in [0.25, 0.3) is 0 Å². The van der Waals surface area contributed by atoms with Crippen LogP contribution in [0.5, 0.6) is 0 Å². The van der Waals surface area contributed by atoms with Crippen LogP contribution in [0, 0.1) is 12.8 Å². The highest BCUT2D eigenvalue weighted by Gasteiger charge is 2.44. The summed E-state index contributed by atoms with van der Waals surface area (Å²) in [5.74, 6) is 0.697. The Morgan fingerprint density at radius 2 is 2.24 bits per heavy atom. The zero-order valence-electron chi connectivity index (χ0n) is 10.4. The van der Waals surface area contributed by atoms with Crippen molar-refractivity contribution in [3.8, 4) is 0 Å². The molecule has 1 saturated carbocycles. The molecule has 17 heavy (non-hydrogen) atoms. The van der Waals surface area contributed by atoms with Gasteiger partial charge in [0.2, 0.25) is 5.91 Å². The molecule has 1 aliphatic rings. The third-order valence-corrected chi connectivity index (χ3v) is 3.46. The molecule has 3 nitrogen and oxygen atoms in total. The van der Waals surface area contributed by atoms with E-state index in [-0.39, 0.29) is 17.9 Å². The summed E-state index contributed by atoms with van der Waals surface area (Å²) in [5, 5.41) is 2.95. The smallest absolute Gasteiger partial charge is 0.224 e. The fraction of sp³-hybridized carbons (Fsp3) is 0.500. The van der Waals surface area contributed by atoms with Crippen LogP contribution in [0.2, 0.25) is 0 Å². The van der Waals surface area contributed by atoms with E-state index < -0.39 is 0 Å². The maximum atomic E-state index is 11.9. The summed E-state index contributed by atoms with van der Waals surface area (Å²) in [7, 11) is 0. The van der Waals surface area contributed by atoms with E-state index >= 15 is 0 Å². The SMILES string of the molecule is Cc1ccccc1C1CC1C(=O)N[C@@H](C)CN. The van der Waals surface area contributed by atoms with Crippen LogP contribution in [-0.2, 0) is 4.79 Å². The zero-order valence-corrected chi connectivity index (χ0v) is 10.4. The second-order valence-electron chi connectivity index (χ2n) is 4.95. The third kappa shape index (κ3) is 2.67. The second kappa shape index (κ2) is 4.88. The quantitative estimate of drug-likeness (QED) is 0.827. The van der Waals surface area contributed by atoms with Crippen molar-refractivity contribution >= 4 is 5.91 Å². The van der Waals surface area contributed by atoms with Crippen molar-refractivity contribution in [2.24, 2.45) is 11.7 Å². The molecule has 0 bridgehead atoms. The largest absolute Gasteiger partial charge is 0.352 e. The number of aryl methyl sites for hydroxylation is 1. The number of hydrogen-bond acceptors (Lipinski definition) is 2. The number of nitrogens with two attached hydrogens (primary N) is 1. The summed E-state index contributed by atoms with van der Waals surface area (Å²) >= 11 is 0. The predicted molar refractivity (Wildman–Crippen MR) is 68.7 cm³/mol. The highest BCUT2D eigenvalue weighted by Crippen LogP contribution is 2.48. The summed E-state index contributed by atoms with van der Waals surface area (Å²) in [6.45, 7) is 4.53. The molecule has 0 saturated heterocycles. The van der Waals surface area contributed by atoms with Gasteiger partial charge >= 0.3 is 0 Å². The van der Waals surface area contributed by atoms with Crippen LogP contribution in [0.25, 0.3) is 0 Å². The highest BCUT2D eigenvalue weighted by atomic mass is 16.2. The molecule has 1 aromatic carbocycles. The summed E-state index contributed by atoms with van der Waals surface area (Å²) < 4.78 is 0. The normalized spacial score (nSPS) is 24.2. The van der Waals surface area contributed by atoms with Gasteiger partial charge in [-0.3, -0.25) is 4.79 Å². The molecule has 3 heteroatoms. The van der Waals surface area contributed by atoms with E-state index in [1.807, 2.05) is 19.1 Å². The monoisotopic (exact) mass is 232 g/mol. The van der Waals surface area contributed by atoms with Crippen LogP contribution in [0.3, 0.4) is 0 Å². The first-order valence-electron chi connectivity index (χ1n) is 6.19. The summed E-state index contributed by atoms with van der Waals surface area (Å²) in [4.78, 5) is 11.9. The topological polar surface area (TPSA) is 55.1 Å². The molecule has 1 amide bonds. The van der Waals surface area contributed by atoms with Gasteiger partial charge in [-0.1, -0.05) is 24.3 Å². The van der Waals surface area contributed by atoms with Gasteiger partial charge in [0.05, 0.1) is 0 Å². The Labute approximate surface area is 102 Å². The van der Waals surface area contributed by atoms with E-state index in [4.69, 9.17) is 5.73 Å². The minimum Gasteiger partial charge on any atom is -0.352 e. The molecule has 3 N–H and O–H groups in total. The molecule has 1 aromatic rings. The molecule has 2 rings (SSSR count). The molecule has 0 spiro atoms. The maximum Gasteiger partial charge on any atom is 0.224 e. The zero-order chi connectivity index (χ0) is 12.4. The van der Waals surface area contributed by atoms with Gasteiger partial charge < -0.3 is 11.1 Å².